The van der Waals surface area contributed by atoms with Crippen LogP contribution in [-0.4, -0.2) is 78.6 Å². The lowest BCUT2D eigenvalue weighted by molar-refractivity contribution is -0.274. The molecule has 5 heterocycles. The molecule has 0 amide bonds. The summed E-state index contributed by atoms with van der Waals surface area (Å²) in [4.78, 5) is 31.8. The highest BCUT2D eigenvalue weighted by Gasteiger charge is 2.35. The summed E-state index contributed by atoms with van der Waals surface area (Å²) in [5.74, 6) is 1.07. The molecule has 12 rings (SSSR count). The Balaban J connectivity index is 0.000000141. The summed E-state index contributed by atoms with van der Waals surface area (Å²) in [5, 5.41) is 34.7. The van der Waals surface area contributed by atoms with E-state index >= 15 is 0 Å². The number of benzene rings is 7. The number of para-hydroxylation sites is 3. The lowest BCUT2D eigenvalue weighted by Crippen LogP contribution is -2.40. The maximum absolute atomic E-state index is 13.5. The summed E-state index contributed by atoms with van der Waals surface area (Å²) in [6.45, 7) is 4.38. The third-order valence-electron chi connectivity index (χ3n) is 14.0. The molecule has 6 N–H and O–H groups in total. The number of phenols is 2. The van der Waals surface area contributed by atoms with Crippen molar-refractivity contribution in [3.8, 4) is 17.2 Å². The van der Waals surface area contributed by atoms with Gasteiger partial charge in [-0.15, -0.1) is 13.2 Å². The third kappa shape index (κ3) is 15.9. The molecule has 0 atom stereocenters. The molecule has 0 bridgehead atoms. The predicted octanol–water partition coefficient (Wildman–Crippen LogP) is 14.0. The number of fused-ring (bicyclic) bond motifs is 3. The normalized spacial score (nSPS) is 14.0. The van der Waals surface area contributed by atoms with Crippen LogP contribution in [0.5, 0.6) is 17.2 Å². The Bertz CT molecular complexity index is 3770. The van der Waals surface area contributed by atoms with Crippen molar-refractivity contribution >= 4 is 68.0 Å². The molecule has 0 aliphatic carbocycles. The number of anilines is 6. The van der Waals surface area contributed by atoms with Crippen molar-refractivity contribution in [2.45, 2.75) is 70.6 Å². The molecule has 84 heavy (non-hydrogen) atoms. The first-order valence-electron chi connectivity index (χ1n) is 27.4. The van der Waals surface area contributed by atoms with Crippen LogP contribution in [0.2, 0.25) is 0 Å². The number of nitrogens with zero attached hydrogens (tertiary/aromatic N) is 8. The molecule has 2 fully saturated rings. The number of hydrogen-bond acceptors (Lipinski definition) is 15. The molecule has 432 valence electrons. The summed E-state index contributed by atoms with van der Waals surface area (Å²) in [7, 11) is 0. The lowest BCUT2D eigenvalue weighted by Gasteiger charge is -2.32. The van der Waals surface area contributed by atoms with Crippen LogP contribution in [0.1, 0.15) is 54.4 Å². The molecule has 0 spiro atoms. The van der Waals surface area contributed by atoms with Gasteiger partial charge in [-0.2, -0.15) is 15.0 Å². The summed E-state index contributed by atoms with van der Waals surface area (Å²) in [5.41, 5.74) is 6.24. The fraction of sp³-hybridized carbons (Fsp3) is 0.238. The maximum Gasteiger partial charge on any atom is 0.573 e. The second kappa shape index (κ2) is 26.5. The molecular formula is C63H60F6N12O3. The zero-order chi connectivity index (χ0) is 58.5. The first-order chi connectivity index (χ1) is 40.6. The van der Waals surface area contributed by atoms with Crippen LogP contribution in [0.4, 0.5) is 61.6 Å². The van der Waals surface area contributed by atoms with Gasteiger partial charge in [0.15, 0.2) is 0 Å². The van der Waals surface area contributed by atoms with Crippen LogP contribution in [0.25, 0.3) is 32.7 Å². The molecule has 0 radical (unpaired) electrons. The second-order valence-electron chi connectivity index (χ2n) is 20.1. The molecule has 2 aliphatic heterocycles. The second-order valence-corrected chi connectivity index (χ2v) is 20.1. The molecule has 0 unspecified atom stereocenters. The monoisotopic (exact) mass is 1150 g/mol. The van der Waals surface area contributed by atoms with Gasteiger partial charge in [-0.25, -0.2) is 28.1 Å². The van der Waals surface area contributed by atoms with Crippen molar-refractivity contribution in [3.05, 3.63) is 198 Å². The molecule has 10 aromatic rings. The Morgan fingerprint density at radius 3 is 1.27 bits per heavy atom. The van der Waals surface area contributed by atoms with Crippen LogP contribution in [0, 0.1) is 5.82 Å². The fourth-order valence-corrected chi connectivity index (χ4v) is 9.48. The highest BCUT2D eigenvalue weighted by Crippen LogP contribution is 2.33. The van der Waals surface area contributed by atoms with E-state index in [2.05, 4.69) is 56.9 Å². The van der Waals surface area contributed by atoms with E-state index < -0.39 is 12.3 Å². The number of piperidine rings is 2. The van der Waals surface area contributed by atoms with E-state index in [0.29, 0.717) is 49.4 Å². The van der Waals surface area contributed by atoms with Crippen LogP contribution in [0.15, 0.2) is 170 Å². The average Bonchev–Trinajstić information content (AvgIpc) is 3.62. The van der Waals surface area contributed by atoms with E-state index in [1.54, 1.807) is 41.3 Å². The van der Waals surface area contributed by atoms with E-state index in [4.69, 9.17) is 9.97 Å². The van der Waals surface area contributed by atoms with Gasteiger partial charge in [-0.05, 0) is 126 Å². The fourth-order valence-electron chi connectivity index (χ4n) is 9.48. The van der Waals surface area contributed by atoms with Gasteiger partial charge in [0.2, 0.25) is 17.8 Å². The summed E-state index contributed by atoms with van der Waals surface area (Å²) in [6, 6.07) is 49.3. The zero-order valence-electron chi connectivity index (χ0n) is 45.5. The topological polar surface area (TPSA) is 182 Å². The number of phenolic OH excluding ortho intramolecular Hbond substituents is 2. The summed E-state index contributed by atoms with van der Waals surface area (Å²) < 4.78 is 80.8. The van der Waals surface area contributed by atoms with Crippen LogP contribution in [-0.2, 0) is 26.2 Å². The van der Waals surface area contributed by atoms with Crippen LogP contribution < -0.4 is 35.8 Å². The Labute approximate surface area is 480 Å². The average molecular weight is 1150 g/mol. The summed E-state index contributed by atoms with van der Waals surface area (Å²) >= 11 is 0. The Morgan fingerprint density at radius 1 is 0.440 bits per heavy atom. The van der Waals surface area contributed by atoms with Gasteiger partial charge in [0.25, 0.3) is 5.92 Å². The van der Waals surface area contributed by atoms with Gasteiger partial charge in [-0.1, -0.05) is 84.9 Å². The molecule has 21 heteroatoms. The smallest absolute Gasteiger partial charge is 0.508 e. The highest BCUT2D eigenvalue weighted by atomic mass is 19.4. The lowest BCUT2D eigenvalue weighted by atomic mass is 10.1. The van der Waals surface area contributed by atoms with Crippen molar-refractivity contribution < 1.29 is 41.3 Å². The largest absolute Gasteiger partial charge is 0.573 e. The van der Waals surface area contributed by atoms with Crippen molar-refractivity contribution in [1.82, 2.24) is 29.9 Å². The van der Waals surface area contributed by atoms with Gasteiger partial charge in [0, 0.05) is 81.4 Å². The highest BCUT2D eigenvalue weighted by molar-refractivity contribution is 5.92. The van der Waals surface area contributed by atoms with Gasteiger partial charge in [-0.3, -0.25) is 0 Å². The minimum atomic E-state index is -4.74. The van der Waals surface area contributed by atoms with E-state index in [-0.39, 0.29) is 49.0 Å². The van der Waals surface area contributed by atoms with Gasteiger partial charge < -0.3 is 46.0 Å². The van der Waals surface area contributed by atoms with Gasteiger partial charge >= 0.3 is 6.36 Å². The molecule has 2 aliphatic rings. The van der Waals surface area contributed by atoms with Gasteiger partial charge in [0.1, 0.15) is 40.5 Å². The number of aromatic hydroxyl groups is 2. The molecule has 15 nitrogen and oxygen atoms in total. The standard InChI is InChI=1S/C22H19FN4O.C21H19F5N4O.C20H22N4O/c23-17-9-5-15(6-10-17)14-25-22-26-20-4-2-1-3-19(20)21(27-22)24-13-16-7-11-18(28)12-8-16;22-20(23)9-11-30(12-10-20)19-28-17-4-2-1-3-16(17)18(29-19)27-13-14-5-7-15(8-6-14)31-21(24,25)26;25-16-10-8-15(9-11-16)14-21-19-17-6-2-3-7-18(17)22-20(23-19)24-12-4-1-5-13-24/h1-12,28H,13-14H2,(H2,24,25,26,27);1-8H,9-13H2,(H,27,28,29);2-3,6-11,25H,1,4-5,12-14H2,(H,21,22,23). The number of halogens is 6. The van der Waals surface area contributed by atoms with E-state index in [1.807, 2.05) is 91.0 Å². The minimum absolute atomic E-state index is 0.158. The molecule has 7 aromatic carbocycles. The minimum Gasteiger partial charge on any atom is -0.508 e. The quantitative estimate of drug-likeness (QED) is 0.0533. The van der Waals surface area contributed by atoms with Crippen LogP contribution in [0.3, 0.4) is 0 Å². The van der Waals surface area contributed by atoms with Crippen molar-refractivity contribution in [1.29, 1.82) is 0 Å². The Kier molecular flexibility index (Phi) is 18.2. The first kappa shape index (κ1) is 57.6. The molecule has 0 saturated carbocycles. The van der Waals surface area contributed by atoms with E-state index in [9.17, 15) is 36.6 Å². The zero-order valence-corrected chi connectivity index (χ0v) is 45.5. The molecular weight excluding hydrogens is 1090 g/mol. The van der Waals surface area contributed by atoms with Crippen LogP contribution >= 0.6 is 0 Å². The first-order valence-corrected chi connectivity index (χ1v) is 27.4. The third-order valence-corrected chi connectivity index (χ3v) is 14.0. The predicted molar refractivity (Wildman–Crippen MR) is 316 cm³/mol. The molecule has 2 saturated heterocycles. The van der Waals surface area contributed by atoms with Crippen molar-refractivity contribution in [2.75, 3.05) is 57.2 Å². The van der Waals surface area contributed by atoms with Gasteiger partial charge in [0.05, 0.1) is 16.6 Å². The number of hydrogen-bond donors (Lipinski definition) is 6. The number of alkyl halides is 5. The Hall–Kier alpha value is -9.66. The number of rotatable bonds is 15. The van der Waals surface area contributed by atoms with Crippen molar-refractivity contribution in [2.24, 2.45) is 0 Å². The Morgan fingerprint density at radius 2 is 0.821 bits per heavy atom. The number of ether oxygens (including phenoxy) is 1. The van der Waals surface area contributed by atoms with E-state index in [1.165, 1.54) is 55.7 Å². The number of aromatic nitrogens is 6. The number of nitrogens with one attached hydrogen (secondary N) is 4. The summed E-state index contributed by atoms with van der Waals surface area (Å²) in [6.07, 6.45) is -1.56. The molecule has 3 aromatic heterocycles. The SMILES string of the molecule is FC1(F)CCN(c2nc(NCc3ccc(OC(F)(F)F)cc3)c3ccccc3n2)CC1.Oc1ccc(CNc2nc(N3CCCCC3)nc3ccccc23)cc1.Oc1ccc(CNc2nc(NCc3ccc(F)cc3)nc3ccccc23)cc1. The van der Waals surface area contributed by atoms with E-state index in [0.717, 1.165) is 80.1 Å². The maximum atomic E-state index is 13.5. The van der Waals surface area contributed by atoms with Crippen molar-refractivity contribution in [3.63, 3.8) is 0 Å².